The van der Waals surface area contributed by atoms with E-state index >= 15 is 0 Å². The van der Waals surface area contributed by atoms with Gasteiger partial charge in [-0.2, -0.15) is 10.2 Å². The van der Waals surface area contributed by atoms with Crippen LogP contribution in [0, 0.1) is 6.92 Å². The first-order valence-electron chi connectivity index (χ1n) is 7.06. The largest absolute Gasteiger partial charge is 0.294 e. The summed E-state index contributed by atoms with van der Waals surface area (Å²) in [7, 11) is 1.93. The van der Waals surface area contributed by atoms with Crippen molar-refractivity contribution in [3.8, 4) is 0 Å². The molecule has 0 radical (unpaired) electrons. The van der Waals surface area contributed by atoms with Gasteiger partial charge < -0.3 is 0 Å². The zero-order valence-corrected chi connectivity index (χ0v) is 12.9. The summed E-state index contributed by atoms with van der Waals surface area (Å²) in [6, 6.07) is 2.06. The maximum Gasteiger partial charge on any atom is 0.163 e. The fraction of sp³-hybridized carbons (Fsp3) is 0.533. The van der Waals surface area contributed by atoms with Crippen LogP contribution in [-0.2, 0) is 26.4 Å². The normalized spacial score (nSPS) is 11.1. The fourth-order valence-corrected chi connectivity index (χ4v) is 2.66. The zero-order valence-electron chi connectivity index (χ0n) is 12.9. The molecule has 0 bridgehead atoms. The smallest absolute Gasteiger partial charge is 0.163 e. The van der Waals surface area contributed by atoms with Crippen LogP contribution in [0.3, 0.4) is 0 Å². The summed E-state index contributed by atoms with van der Waals surface area (Å²) >= 11 is 0. The molecule has 0 aliphatic heterocycles. The van der Waals surface area contributed by atoms with Crippen molar-refractivity contribution in [3.05, 3.63) is 34.4 Å². The summed E-state index contributed by atoms with van der Waals surface area (Å²) in [6.07, 6.45) is 1.58. The van der Waals surface area contributed by atoms with Crippen molar-refractivity contribution in [1.82, 2.24) is 19.6 Å². The highest BCUT2D eigenvalue weighted by molar-refractivity contribution is 5.96. The second kappa shape index (κ2) is 5.61. The van der Waals surface area contributed by atoms with Crippen LogP contribution >= 0.6 is 0 Å². The Morgan fingerprint density at radius 2 is 1.95 bits per heavy atom. The number of carbonyl (C=O) groups excluding carboxylic acids is 1. The molecule has 0 saturated carbocycles. The molecule has 108 valence electrons. The summed E-state index contributed by atoms with van der Waals surface area (Å²) < 4.78 is 3.82. The quantitative estimate of drug-likeness (QED) is 0.786. The lowest BCUT2D eigenvalue weighted by molar-refractivity contribution is 0.101. The number of Topliss-reactive ketones (excluding diaryl/α,β-unsaturated/α-hetero) is 1. The number of carbonyl (C=O) groups is 1. The topological polar surface area (TPSA) is 52.7 Å². The van der Waals surface area contributed by atoms with Crippen molar-refractivity contribution in [2.45, 2.75) is 47.1 Å². The molecule has 0 spiro atoms. The first-order valence-corrected chi connectivity index (χ1v) is 7.06. The van der Waals surface area contributed by atoms with Gasteiger partial charge in [0, 0.05) is 12.7 Å². The van der Waals surface area contributed by atoms with E-state index in [0.29, 0.717) is 6.54 Å². The minimum atomic E-state index is 0.103. The standard InChI is InChI=1S/C15H22N4O/c1-6-13-15(11(4)20)14(7-2)19(17-13)9-12-8-10(3)16-18(12)5/h8H,6-7,9H2,1-5H3. The van der Waals surface area contributed by atoms with Gasteiger partial charge in [-0.15, -0.1) is 0 Å². The highest BCUT2D eigenvalue weighted by Gasteiger charge is 2.19. The van der Waals surface area contributed by atoms with E-state index in [0.717, 1.165) is 41.2 Å². The van der Waals surface area contributed by atoms with E-state index in [-0.39, 0.29) is 5.78 Å². The Morgan fingerprint density at radius 3 is 2.40 bits per heavy atom. The molecule has 20 heavy (non-hydrogen) atoms. The van der Waals surface area contributed by atoms with Gasteiger partial charge in [0.2, 0.25) is 0 Å². The van der Waals surface area contributed by atoms with Crippen molar-refractivity contribution in [3.63, 3.8) is 0 Å². The van der Waals surface area contributed by atoms with Gasteiger partial charge >= 0.3 is 0 Å². The lowest BCUT2D eigenvalue weighted by Gasteiger charge is -2.07. The maximum atomic E-state index is 11.9. The van der Waals surface area contributed by atoms with E-state index in [1.54, 1.807) is 6.92 Å². The van der Waals surface area contributed by atoms with Gasteiger partial charge in [0.15, 0.2) is 5.78 Å². The second-order valence-electron chi connectivity index (χ2n) is 5.09. The average Bonchev–Trinajstić information content (AvgIpc) is 2.89. The van der Waals surface area contributed by atoms with E-state index in [1.165, 1.54) is 0 Å². The first kappa shape index (κ1) is 14.5. The average molecular weight is 274 g/mol. The number of hydrogen-bond acceptors (Lipinski definition) is 3. The molecule has 2 aromatic heterocycles. The predicted molar refractivity (Wildman–Crippen MR) is 78.0 cm³/mol. The van der Waals surface area contributed by atoms with Crippen LogP contribution in [0.15, 0.2) is 6.07 Å². The molecule has 2 heterocycles. The molecule has 0 aliphatic carbocycles. The van der Waals surface area contributed by atoms with E-state index in [4.69, 9.17) is 0 Å². The Bertz CT molecular complexity index is 637. The van der Waals surface area contributed by atoms with Crippen molar-refractivity contribution in [1.29, 1.82) is 0 Å². The fourth-order valence-electron chi connectivity index (χ4n) is 2.66. The Hall–Kier alpha value is -1.91. The number of hydrogen-bond donors (Lipinski definition) is 0. The van der Waals surface area contributed by atoms with Crippen LogP contribution in [0.1, 0.15) is 53.9 Å². The van der Waals surface area contributed by atoms with E-state index in [9.17, 15) is 4.79 Å². The Morgan fingerprint density at radius 1 is 1.25 bits per heavy atom. The SMILES string of the molecule is CCc1nn(Cc2cc(C)nn2C)c(CC)c1C(C)=O. The third kappa shape index (κ3) is 2.53. The summed E-state index contributed by atoms with van der Waals surface area (Å²) in [5.74, 6) is 0.103. The molecule has 0 aliphatic rings. The lowest BCUT2D eigenvalue weighted by atomic mass is 10.1. The number of aryl methyl sites for hydroxylation is 3. The second-order valence-corrected chi connectivity index (χ2v) is 5.09. The van der Waals surface area contributed by atoms with E-state index in [2.05, 4.69) is 23.2 Å². The molecule has 0 unspecified atom stereocenters. The van der Waals surface area contributed by atoms with E-state index < -0.39 is 0 Å². The summed E-state index contributed by atoms with van der Waals surface area (Å²) in [5.41, 5.74) is 4.81. The van der Waals surface area contributed by atoms with Crippen LogP contribution < -0.4 is 0 Å². The molecule has 0 N–H and O–H groups in total. The van der Waals surface area contributed by atoms with Crippen molar-refractivity contribution < 1.29 is 4.79 Å². The molecule has 5 heteroatoms. The number of ketones is 1. The third-order valence-corrected chi connectivity index (χ3v) is 3.56. The highest BCUT2D eigenvalue weighted by atomic mass is 16.1. The molecule has 2 rings (SSSR count). The monoisotopic (exact) mass is 274 g/mol. The molecule has 0 saturated heterocycles. The molecule has 2 aromatic rings. The third-order valence-electron chi connectivity index (χ3n) is 3.56. The van der Waals surface area contributed by atoms with Crippen molar-refractivity contribution >= 4 is 5.78 Å². The zero-order chi connectivity index (χ0) is 14.9. The van der Waals surface area contributed by atoms with Gasteiger partial charge in [0.05, 0.1) is 29.2 Å². The van der Waals surface area contributed by atoms with Crippen LogP contribution in [0.5, 0.6) is 0 Å². The number of rotatable bonds is 5. The maximum absolute atomic E-state index is 11.9. The molecule has 0 amide bonds. The minimum Gasteiger partial charge on any atom is -0.294 e. The lowest BCUT2D eigenvalue weighted by Crippen LogP contribution is -2.10. The summed E-state index contributed by atoms with van der Waals surface area (Å²) in [6.45, 7) is 8.35. The highest BCUT2D eigenvalue weighted by Crippen LogP contribution is 2.18. The molecule has 0 fully saturated rings. The van der Waals surface area contributed by atoms with Gasteiger partial charge in [-0.1, -0.05) is 13.8 Å². The predicted octanol–water partition coefficient (Wildman–Crippen LogP) is 2.30. The Balaban J connectivity index is 2.46. The minimum absolute atomic E-state index is 0.103. The Labute approximate surface area is 119 Å². The number of nitrogens with zero attached hydrogens (tertiary/aromatic N) is 4. The number of aromatic nitrogens is 4. The van der Waals surface area contributed by atoms with Gasteiger partial charge in [-0.3, -0.25) is 14.2 Å². The van der Waals surface area contributed by atoms with Crippen LogP contribution in [-0.4, -0.2) is 25.3 Å². The van der Waals surface area contributed by atoms with Crippen molar-refractivity contribution in [2.75, 3.05) is 0 Å². The summed E-state index contributed by atoms with van der Waals surface area (Å²) in [4.78, 5) is 11.9. The Kier molecular flexibility index (Phi) is 4.06. The van der Waals surface area contributed by atoms with Gasteiger partial charge in [-0.25, -0.2) is 0 Å². The van der Waals surface area contributed by atoms with Crippen LogP contribution in [0.25, 0.3) is 0 Å². The van der Waals surface area contributed by atoms with Gasteiger partial charge in [-0.05, 0) is 32.8 Å². The van der Waals surface area contributed by atoms with Crippen LogP contribution in [0.4, 0.5) is 0 Å². The molecule has 5 nitrogen and oxygen atoms in total. The van der Waals surface area contributed by atoms with Gasteiger partial charge in [0.25, 0.3) is 0 Å². The van der Waals surface area contributed by atoms with E-state index in [1.807, 2.05) is 30.3 Å². The summed E-state index contributed by atoms with van der Waals surface area (Å²) in [5, 5.41) is 8.98. The van der Waals surface area contributed by atoms with Crippen LogP contribution in [0.2, 0.25) is 0 Å². The van der Waals surface area contributed by atoms with Gasteiger partial charge in [0.1, 0.15) is 0 Å². The first-order chi connectivity index (χ1) is 9.47. The molecule has 0 aromatic carbocycles. The molecular weight excluding hydrogens is 252 g/mol. The molecule has 0 atom stereocenters. The van der Waals surface area contributed by atoms with Crippen molar-refractivity contribution in [2.24, 2.45) is 7.05 Å². The molecular formula is C15H22N4O.